The Hall–Kier alpha value is -0.311. The van der Waals surface area contributed by atoms with Crippen LogP contribution in [-0.2, 0) is 9.53 Å². The summed E-state index contributed by atoms with van der Waals surface area (Å²) in [5.41, 5.74) is 0. The summed E-state index contributed by atoms with van der Waals surface area (Å²) >= 11 is 0.186. The number of allylic oxidation sites excluding steroid dienone is 1. The van der Waals surface area contributed by atoms with E-state index in [1.54, 1.807) is 6.08 Å². The van der Waals surface area contributed by atoms with Crippen LogP contribution < -0.4 is 0 Å². The Morgan fingerprint density at radius 3 is 2.68 bits per heavy atom. The Bertz CT molecular complexity index is 368. The minimum atomic E-state index is -0.204. The van der Waals surface area contributed by atoms with E-state index in [0.29, 0.717) is 12.6 Å². The SMILES string of the molecule is CCCC/C(=C/C(=O)OCC)[Se][C]1[CH][CH][CH][C]1[C@H](C)N(C)C. The van der Waals surface area contributed by atoms with E-state index >= 15 is 0 Å². The van der Waals surface area contributed by atoms with Crippen LogP contribution in [0, 0.1) is 30.0 Å². The molecule has 5 radical (unpaired) electrons. The molecule has 0 N–H and O–H groups in total. The van der Waals surface area contributed by atoms with Gasteiger partial charge in [-0.25, -0.2) is 0 Å². The maximum absolute atomic E-state index is 11.8. The van der Waals surface area contributed by atoms with Gasteiger partial charge in [-0.1, -0.05) is 0 Å². The Morgan fingerprint density at radius 1 is 1.36 bits per heavy atom. The molecule has 0 saturated heterocycles. The third-order valence-corrected chi connectivity index (χ3v) is 6.08. The molecule has 1 saturated carbocycles. The van der Waals surface area contributed by atoms with Crippen molar-refractivity contribution in [1.29, 1.82) is 0 Å². The van der Waals surface area contributed by atoms with Crippen LogP contribution in [0.2, 0.25) is 0 Å². The van der Waals surface area contributed by atoms with Crippen LogP contribution in [0.15, 0.2) is 10.5 Å². The Kier molecular flexibility index (Phi) is 9.38. The first kappa shape index (κ1) is 19.7. The molecular formula is C18H28NO2Se. The minimum absolute atomic E-state index is 0.186. The first-order valence-electron chi connectivity index (χ1n) is 7.96. The number of esters is 1. The van der Waals surface area contributed by atoms with Gasteiger partial charge in [0.25, 0.3) is 0 Å². The molecule has 0 aromatic rings. The van der Waals surface area contributed by atoms with Gasteiger partial charge in [0.1, 0.15) is 0 Å². The zero-order valence-corrected chi connectivity index (χ0v) is 16.1. The van der Waals surface area contributed by atoms with Gasteiger partial charge in [0.05, 0.1) is 0 Å². The second-order valence-electron chi connectivity index (χ2n) is 5.55. The number of ether oxygens (including phenoxy) is 1. The summed E-state index contributed by atoms with van der Waals surface area (Å²) in [5.74, 6) is 1.17. The van der Waals surface area contributed by atoms with E-state index in [-0.39, 0.29) is 20.9 Å². The summed E-state index contributed by atoms with van der Waals surface area (Å²) in [6.07, 6.45) is 11.5. The molecule has 0 aliphatic heterocycles. The molecule has 0 amide bonds. The van der Waals surface area contributed by atoms with Crippen molar-refractivity contribution in [2.75, 3.05) is 20.7 Å². The van der Waals surface area contributed by atoms with Crippen LogP contribution in [0.5, 0.6) is 0 Å². The molecule has 4 heteroatoms. The average Bonchev–Trinajstić information content (AvgIpc) is 2.92. The van der Waals surface area contributed by atoms with E-state index in [4.69, 9.17) is 4.74 Å². The quantitative estimate of drug-likeness (QED) is 0.356. The van der Waals surface area contributed by atoms with E-state index in [1.165, 1.54) is 15.2 Å². The molecule has 22 heavy (non-hydrogen) atoms. The van der Waals surface area contributed by atoms with Gasteiger partial charge < -0.3 is 0 Å². The molecule has 0 heterocycles. The van der Waals surface area contributed by atoms with Gasteiger partial charge in [0, 0.05) is 0 Å². The summed E-state index contributed by atoms with van der Waals surface area (Å²) in [7, 11) is 4.20. The third-order valence-electron chi connectivity index (χ3n) is 3.62. The third kappa shape index (κ3) is 6.44. The molecule has 0 bridgehead atoms. The zero-order chi connectivity index (χ0) is 16.5. The molecule has 0 aromatic carbocycles. The predicted molar refractivity (Wildman–Crippen MR) is 92.5 cm³/mol. The Balaban J connectivity index is 2.72. The van der Waals surface area contributed by atoms with E-state index in [0.717, 1.165) is 19.3 Å². The fourth-order valence-corrected chi connectivity index (χ4v) is 4.58. The fraction of sp³-hybridized carbons (Fsp3) is 0.556. The molecule has 1 atom stereocenters. The molecule has 0 spiro atoms. The van der Waals surface area contributed by atoms with Crippen molar-refractivity contribution < 1.29 is 9.53 Å². The standard InChI is InChI=1S/C18H28NO2Se/c1-6-8-10-15(13-18(20)21-7-2)22-17-12-9-11-16(17)14(3)19(4)5/h9,11-14H,6-8,10H2,1-5H3/b15-13-/t14-/m0/s1. The van der Waals surface area contributed by atoms with Crippen molar-refractivity contribution in [1.82, 2.24) is 4.90 Å². The van der Waals surface area contributed by atoms with Crippen LogP contribution in [0.3, 0.4) is 0 Å². The van der Waals surface area contributed by atoms with Gasteiger partial charge >= 0.3 is 143 Å². The van der Waals surface area contributed by atoms with Crippen LogP contribution in [0.1, 0.15) is 40.0 Å². The normalized spacial score (nSPS) is 18.9. The van der Waals surface area contributed by atoms with Gasteiger partial charge in [-0.15, -0.1) is 0 Å². The van der Waals surface area contributed by atoms with Crippen LogP contribution in [-0.4, -0.2) is 52.6 Å². The molecule has 1 fully saturated rings. The first-order valence-corrected chi connectivity index (χ1v) is 9.68. The van der Waals surface area contributed by atoms with Crippen molar-refractivity contribution in [2.24, 2.45) is 0 Å². The number of hydrogen-bond acceptors (Lipinski definition) is 3. The summed E-state index contributed by atoms with van der Waals surface area (Å²) in [6, 6.07) is 0.391. The molecule has 1 rings (SSSR count). The van der Waals surface area contributed by atoms with Gasteiger partial charge in [0.15, 0.2) is 0 Å². The molecule has 123 valence electrons. The van der Waals surface area contributed by atoms with Gasteiger partial charge in [-0.2, -0.15) is 0 Å². The predicted octanol–water partition coefficient (Wildman–Crippen LogP) is 3.01. The molecule has 0 aromatic heterocycles. The zero-order valence-electron chi connectivity index (χ0n) is 14.4. The number of rotatable bonds is 9. The van der Waals surface area contributed by atoms with E-state index in [9.17, 15) is 4.79 Å². The number of carbonyl (C=O) groups excluding carboxylic acids is 1. The molecule has 1 aliphatic carbocycles. The molecular weight excluding hydrogens is 341 g/mol. The summed E-state index contributed by atoms with van der Waals surface area (Å²) in [5, 5.41) is 0. The van der Waals surface area contributed by atoms with Gasteiger partial charge in [-0.05, 0) is 0 Å². The topological polar surface area (TPSA) is 29.5 Å². The number of nitrogens with zero attached hydrogens (tertiary/aromatic N) is 1. The van der Waals surface area contributed by atoms with E-state index in [2.05, 4.69) is 52.1 Å². The molecule has 3 nitrogen and oxygen atoms in total. The molecule has 0 unspecified atom stereocenters. The summed E-state index contributed by atoms with van der Waals surface area (Å²) in [4.78, 5) is 15.4. The van der Waals surface area contributed by atoms with Crippen LogP contribution >= 0.6 is 0 Å². The number of carbonyl (C=O) groups is 1. The maximum atomic E-state index is 11.8. The van der Waals surface area contributed by atoms with E-state index < -0.39 is 0 Å². The van der Waals surface area contributed by atoms with Gasteiger partial charge in [-0.3, -0.25) is 0 Å². The number of unbranched alkanes of at least 4 members (excludes halogenated alkanes) is 1. The summed E-state index contributed by atoms with van der Waals surface area (Å²) < 4.78 is 6.30. The number of hydrogen-bond donors (Lipinski definition) is 0. The van der Waals surface area contributed by atoms with Gasteiger partial charge in [0.2, 0.25) is 0 Å². The Labute approximate surface area is 143 Å². The average molecular weight is 369 g/mol. The first-order chi connectivity index (χ1) is 10.5. The monoisotopic (exact) mass is 370 g/mol. The van der Waals surface area contributed by atoms with Crippen molar-refractivity contribution in [2.45, 2.75) is 46.1 Å². The summed E-state index contributed by atoms with van der Waals surface area (Å²) in [6.45, 7) is 6.67. The second kappa shape index (κ2) is 10.5. The molecule has 1 aliphatic rings. The fourth-order valence-electron chi connectivity index (χ4n) is 2.09. The van der Waals surface area contributed by atoms with Crippen molar-refractivity contribution in [3.8, 4) is 0 Å². The van der Waals surface area contributed by atoms with E-state index in [1.807, 2.05) is 6.92 Å². The second-order valence-corrected chi connectivity index (χ2v) is 8.00. The van der Waals surface area contributed by atoms with Crippen molar-refractivity contribution in [3.05, 3.63) is 40.5 Å². The van der Waals surface area contributed by atoms with Crippen molar-refractivity contribution in [3.63, 3.8) is 0 Å². The van der Waals surface area contributed by atoms with Crippen LogP contribution in [0.25, 0.3) is 0 Å². The van der Waals surface area contributed by atoms with Crippen molar-refractivity contribution >= 4 is 20.9 Å². The van der Waals surface area contributed by atoms with Crippen LogP contribution in [0.4, 0.5) is 0 Å². The Morgan fingerprint density at radius 2 is 2.09 bits per heavy atom.